The van der Waals surface area contributed by atoms with E-state index in [4.69, 9.17) is 23.7 Å². The van der Waals surface area contributed by atoms with E-state index in [0.29, 0.717) is 37.0 Å². The highest BCUT2D eigenvalue weighted by Gasteiger charge is 2.48. The fourth-order valence-corrected chi connectivity index (χ4v) is 6.66. The van der Waals surface area contributed by atoms with Crippen LogP contribution in [0, 0.1) is 19.8 Å². The molecule has 0 saturated carbocycles. The standard InChI is InChI=1S/C36H44N2O8/c1-6-24-14-22(3)15-25(7-2)34(24)37-32(39)19-38-18-29(28-17-31-30(16-23(28)4)45-21-46-31)33(36(40)41)35(38)26-8-10-27(11-9-26)44-20-43-13-12-42-5/h8-11,14-17,29,33,35H,6-7,12-13,18-21H2,1-5H3,(H,37,39)(H,40,41)/t29-,33?,35+/m1/s1. The van der Waals surface area contributed by atoms with Crippen LogP contribution >= 0.6 is 0 Å². The Labute approximate surface area is 270 Å². The molecular weight excluding hydrogens is 588 g/mol. The predicted molar refractivity (Wildman–Crippen MR) is 174 cm³/mol. The van der Waals surface area contributed by atoms with Crippen molar-refractivity contribution in [2.45, 2.75) is 52.5 Å². The number of carbonyl (C=O) groups excluding carboxylic acids is 1. The summed E-state index contributed by atoms with van der Waals surface area (Å²) in [5, 5.41) is 13.9. The quantitative estimate of drug-likeness (QED) is 0.172. The van der Waals surface area contributed by atoms with Gasteiger partial charge in [-0.05, 0) is 78.8 Å². The maximum atomic E-state index is 13.8. The summed E-state index contributed by atoms with van der Waals surface area (Å²) in [6.45, 7) is 9.66. The lowest BCUT2D eigenvalue weighted by Gasteiger charge is -2.27. The second-order valence-electron chi connectivity index (χ2n) is 11.9. The highest BCUT2D eigenvalue weighted by molar-refractivity contribution is 5.94. The molecule has 2 aliphatic rings. The van der Waals surface area contributed by atoms with E-state index in [-0.39, 0.29) is 26.0 Å². The molecule has 10 nitrogen and oxygen atoms in total. The number of fused-ring (bicyclic) bond motifs is 1. The molecule has 0 radical (unpaired) electrons. The Morgan fingerprint density at radius 1 is 0.978 bits per heavy atom. The first kappa shape index (κ1) is 33.2. The van der Waals surface area contributed by atoms with Crippen LogP contribution < -0.4 is 19.5 Å². The summed E-state index contributed by atoms with van der Waals surface area (Å²) in [5.74, 6) is -0.486. The first-order valence-corrected chi connectivity index (χ1v) is 15.8. The zero-order chi connectivity index (χ0) is 32.8. The van der Waals surface area contributed by atoms with Crippen LogP contribution in [-0.4, -0.2) is 68.9 Å². The van der Waals surface area contributed by atoms with Gasteiger partial charge in [-0.2, -0.15) is 0 Å². The molecule has 1 fully saturated rings. The topological polar surface area (TPSA) is 116 Å². The summed E-state index contributed by atoms with van der Waals surface area (Å²) in [4.78, 5) is 28.9. The summed E-state index contributed by atoms with van der Waals surface area (Å²) in [5.41, 5.74) is 6.76. The molecule has 10 heteroatoms. The molecule has 46 heavy (non-hydrogen) atoms. The molecule has 1 saturated heterocycles. The number of rotatable bonds is 14. The Kier molecular flexibility index (Phi) is 10.8. The molecule has 0 aromatic heterocycles. The van der Waals surface area contributed by atoms with Gasteiger partial charge in [-0.3, -0.25) is 14.5 Å². The maximum absolute atomic E-state index is 13.8. The zero-order valence-corrected chi connectivity index (χ0v) is 27.3. The van der Waals surface area contributed by atoms with Gasteiger partial charge in [0.1, 0.15) is 5.75 Å². The number of carbonyl (C=O) groups is 2. The normalized spacial score (nSPS) is 18.9. The first-order chi connectivity index (χ1) is 22.2. The SMILES string of the molecule is CCc1cc(C)cc(CC)c1NC(=O)CN1C[C@H](c2cc3c(cc2C)OCO3)C(C(=O)O)[C@@H]1c1ccc(OCOCCOC)cc1. The maximum Gasteiger partial charge on any atom is 0.309 e. The number of aliphatic carboxylic acids is 1. The summed E-state index contributed by atoms with van der Waals surface area (Å²) in [6, 6.07) is 14.8. The number of amides is 1. The molecular formula is C36H44N2O8. The van der Waals surface area contributed by atoms with Crippen LogP contribution in [0.3, 0.4) is 0 Å². The third-order valence-corrected chi connectivity index (χ3v) is 8.83. The highest BCUT2D eigenvalue weighted by Crippen LogP contribution is 2.49. The molecule has 3 aromatic carbocycles. The average molecular weight is 633 g/mol. The zero-order valence-electron chi connectivity index (χ0n) is 27.3. The van der Waals surface area contributed by atoms with E-state index in [0.717, 1.165) is 51.9 Å². The third-order valence-electron chi connectivity index (χ3n) is 8.83. The fourth-order valence-electron chi connectivity index (χ4n) is 6.66. The molecule has 246 valence electrons. The van der Waals surface area contributed by atoms with Crippen molar-refractivity contribution in [3.05, 3.63) is 81.9 Å². The van der Waals surface area contributed by atoms with Crippen molar-refractivity contribution in [3.8, 4) is 17.2 Å². The van der Waals surface area contributed by atoms with Gasteiger partial charge in [-0.15, -0.1) is 0 Å². The monoisotopic (exact) mass is 632 g/mol. The van der Waals surface area contributed by atoms with Crippen LogP contribution in [0.25, 0.3) is 0 Å². The van der Waals surface area contributed by atoms with Gasteiger partial charge in [0.2, 0.25) is 12.7 Å². The molecule has 3 aromatic rings. The fraction of sp³-hybridized carbons (Fsp3) is 0.444. The molecule has 0 spiro atoms. The van der Waals surface area contributed by atoms with Gasteiger partial charge in [0.25, 0.3) is 0 Å². The minimum Gasteiger partial charge on any atom is -0.481 e. The highest BCUT2D eigenvalue weighted by atomic mass is 16.7. The largest absolute Gasteiger partial charge is 0.481 e. The number of anilines is 1. The van der Waals surface area contributed by atoms with Gasteiger partial charge in [0.05, 0.1) is 25.7 Å². The number of carboxylic acids is 1. The molecule has 1 unspecified atom stereocenters. The van der Waals surface area contributed by atoms with Crippen molar-refractivity contribution in [1.29, 1.82) is 0 Å². The Bertz CT molecular complexity index is 1510. The Balaban J connectivity index is 1.45. The minimum absolute atomic E-state index is 0.0281. The van der Waals surface area contributed by atoms with Gasteiger partial charge < -0.3 is 34.1 Å². The number of ether oxygens (including phenoxy) is 5. The summed E-state index contributed by atoms with van der Waals surface area (Å²) >= 11 is 0. The molecule has 0 bridgehead atoms. The van der Waals surface area contributed by atoms with E-state index in [1.807, 2.05) is 36.1 Å². The van der Waals surface area contributed by atoms with E-state index in [2.05, 4.69) is 38.2 Å². The van der Waals surface area contributed by atoms with Crippen LogP contribution in [0.4, 0.5) is 5.69 Å². The van der Waals surface area contributed by atoms with E-state index >= 15 is 0 Å². The van der Waals surface area contributed by atoms with Crippen LogP contribution in [0.15, 0.2) is 48.5 Å². The molecule has 1 amide bonds. The van der Waals surface area contributed by atoms with E-state index < -0.39 is 23.8 Å². The van der Waals surface area contributed by atoms with Crippen LogP contribution in [0.2, 0.25) is 0 Å². The molecule has 2 aliphatic heterocycles. The summed E-state index contributed by atoms with van der Waals surface area (Å²) < 4.78 is 27.3. The summed E-state index contributed by atoms with van der Waals surface area (Å²) in [7, 11) is 1.61. The molecule has 2 N–H and O–H groups in total. The number of hydrogen-bond donors (Lipinski definition) is 2. The lowest BCUT2D eigenvalue weighted by atomic mass is 9.81. The van der Waals surface area contributed by atoms with Crippen molar-refractivity contribution in [2.24, 2.45) is 5.92 Å². The van der Waals surface area contributed by atoms with Crippen molar-refractivity contribution in [2.75, 3.05) is 52.3 Å². The number of nitrogens with one attached hydrogen (secondary N) is 1. The second kappa shape index (κ2) is 15.0. The van der Waals surface area contributed by atoms with Crippen LogP contribution in [-0.2, 0) is 31.9 Å². The van der Waals surface area contributed by atoms with Gasteiger partial charge >= 0.3 is 5.97 Å². The van der Waals surface area contributed by atoms with Gasteiger partial charge in [-0.1, -0.05) is 43.7 Å². The van der Waals surface area contributed by atoms with Gasteiger partial charge in [0.15, 0.2) is 18.3 Å². The van der Waals surface area contributed by atoms with Crippen molar-refractivity contribution in [3.63, 3.8) is 0 Å². The van der Waals surface area contributed by atoms with Crippen molar-refractivity contribution in [1.82, 2.24) is 4.90 Å². The van der Waals surface area contributed by atoms with Gasteiger partial charge in [-0.25, -0.2) is 0 Å². The Morgan fingerprint density at radius 3 is 2.28 bits per heavy atom. The van der Waals surface area contributed by atoms with E-state index in [1.54, 1.807) is 19.2 Å². The average Bonchev–Trinajstić information content (AvgIpc) is 3.65. The second-order valence-corrected chi connectivity index (χ2v) is 11.9. The van der Waals surface area contributed by atoms with Gasteiger partial charge in [0, 0.05) is 31.3 Å². The van der Waals surface area contributed by atoms with Crippen LogP contribution in [0.5, 0.6) is 17.2 Å². The Morgan fingerprint density at radius 2 is 1.65 bits per heavy atom. The smallest absolute Gasteiger partial charge is 0.309 e. The molecule has 0 aliphatic carbocycles. The minimum atomic E-state index is -0.929. The number of likely N-dealkylation sites (tertiary alicyclic amines) is 1. The number of nitrogens with zero attached hydrogens (tertiary/aromatic N) is 1. The van der Waals surface area contributed by atoms with Crippen molar-refractivity contribution >= 4 is 17.6 Å². The number of aryl methyl sites for hydroxylation is 4. The molecule has 5 rings (SSSR count). The lowest BCUT2D eigenvalue weighted by Crippen LogP contribution is -2.35. The Hall–Kier alpha value is -4.12. The molecule has 2 heterocycles. The number of methoxy groups -OCH3 is 1. The summed E-state index contributed by atoms with van der Waals surface area (Å²) in [6.07, 6.45) is 1.57. The number of benzene rings is 3. The lowest BCUT2D eigenvalue weighted by molar-refractivity contribution is -0.143. The van der Waals surface area contributed by atoms with E-state index in [1.165, 1.54) is 0 Å². The van der Waals surface area contributed by atoms with Crippen molar-refractivity contribution < 1.29 is 38.4 Å². The number of hydrogen-bond acceptors (Lipinski definition) is 8. The first-order valence-electron chi connectivity index (χ1n) is 15.8. The number of carboxylic acid groups (broad SMARTS) is 1. The third kappa shape index (κ3) is 7.30. The molecule has 3 atom stereocenters. The predicted octanol–water partition coefficient (Wildman–Crippen LogP) is 5.64. The van der Waals surface area contributed by atoms with E-state index in [9.17, 15) is 14.7 Å². The van der Waals surface area contributed by atoms with Crippen LogP contribution in [0.1, 0.15) is 59.2 Å².